The predicted molar refractivity (Wildman–Crippen MR) is 56.5 cm³/mol. The van der Waals surface area contributed by atoms with E-state index in [1.54, 1.807) is 7.05 Å². The van der Waals surface area contributed by atoms with Crippen molar-refractivity contribution in [3.63, 3.8) is 0 Å². The van der Waals surface area contributed by atoms with Crippen molar-refractivity contribution in [3.8, 4) is 0 Å². The van der Waals surface area contributed by atoms with Gasteiger partial charge in [-0.1, -0.05) is 26.0 Å². The molecule has 76 valence electrons. The van der Waals surface area contributed by atoms with E-state index in [2.05, 4.69) is 31.3 Å². The molecule has 2 nitrogen and oxygen atoms in total. The molecule has 13 heavy (non-hydrogen) atoms. The Bertz CT molecular complexity index is 161. The van der Waals surface area contributed by atoms with Gasteiger partial charge >= 0.3 is 0 Å². The van der Waals surface area contributed by atoms with E-state index in [9.17, 15) is 4.79 Å². The van der Waals surface area contributed by atoms with Gasteiger partial charge in [0.1, 0.15) is 0 Å². The van der Waals surface area contributed by atoms with Gasteiger partial charge in [-0.3, -0.25) is 4.79 Å². The Balaban J connectivity index is 3.25. The molecule has 1 N–H and O–H groups in total. The smallest absolute Gasteiger partial charge is 0.219 e. The maximum Gasteiger partial charge on any atom is 0.219 e. The van der Waals surface area contributed by atoms with E-state index >= 15 is 0 Å². The number of carbonyl (C=O) groups is 1. The second kappa shape index (κ2) is 7.84. The van der Waals surface area contributed by atoms with Crippen molar-refractivity contribution in [1.29, 1.82) is 0 Å². The maximum absolute atomic E-state index is 10.8. The second-order valence-electron chi connectivity index (χ2n) is 3.67. The molecular formula is C11H21NO. The summed E-state index contributed by atoms with van der Waals surface area (Å²) in [5, 5.41) is 2.61. The van der Waals surface area contributed by atoms with Crippen LogP contribution in [0.2, 0.25) is 0 Å². The van der Waals surface area contributed by atoms with E-state index in [0.29, 0.717) is 6.42 Å². The van der Waals surface area contributed by atoms with Crippen LogP contribution in [-0.2, 0) is 4.79 Å². The van der Waals surface area contributed by atoms with Crippen LogP contribution >= 0.6 is 0 Å². The highest BCUT2D eigenvalue weighted by Crippen LogP contribution is 2.02. The van der Waals surface area contributed by atoms with Gasteiger partial charge in [-0.25, -0.2) is 0 Å². The molecule has 0 aromatic heterocycles. The van der Waals surface area contributed by atoms with Gasteiger partial charge in [0.05, 0.1) is 0 Å². The van der Waals surface area contributed by atoms with Crippen molar-refractivity contribution in [2.75, 3.05) is 7.05 Å². The normalized spacial score (nSPS) is 11.1. The fraction of sp³-hybridized carbons (Fsp3) is 0.727. The van der Waals surface area contributed by atoms with Gasteiger partial charge in [-0.2, -0.15) is 0 Å². The van der Waals surface area contributed by atoms with Crippen LogP contribution in [0.15, 0.2) is 12.2 Å². The number of unbranched alkanes of at least 4 members (excludes halogenated alkanes) is 1. The molecule has 0 saturated heterocycles. The van der Waals surface area contributed by atoms with Crippen LogP contribution < -0.4 is 5.32 Å². The molecule has 0 aliphatic rings. The summed E-state index contributed by atoms with van der Waals surface area (Å²) >= 11 is 0. The van der Waals surface area contributed by atoms with Crippen LogP contribution in [0.5, 0.6) is 0 Å². The minimum atomic E-state index is 0.136. The van der Waals surface area contributed by atoms with Crippen molar-refractivity contribution in [2.24, 2.45) is 5.92 Å². The maximum atomic E-state index is 10.8. The second-order valence-corrected chi connectivity index (χ2v) is 3.67. The Morgan fingerprint density at radius 1 is 1.38 bits per heavy atom. The lowest BCUT2D eigenvalue weighted by molar-refractivity contribution is -0.120. The molecule has 0 aromatic rings. The standard InChI is InChI=1S/C11H21NO/c1-10(2)8-6-4-5-7-9-11(13)12-3/h4,6,10H,5,7-9H2,1-3H3,(H,12,13)/b6-4+. The van der Waals surface area contributed by atoms with Crippen LogP contribution in [-0.4, -0.2) is 13.0 Å². The van der Waals surface area contributed by atoms with Crippen molar-refractivity contribution < 1.29 is 4.79 Å². The molecular weight excluding hydrogens is 162 g/mol. The zero-order chi connectivity index (χ0) is 10.1. The lowest BCUT2D eigenvalue weighted by Gasteiger charge is -1.98. The molecule has 0 radical (unpaired) electrons. The van der Waals surface area contributed by atoms with E-state index < -0.39 is 0 Å². The van der Waals surface area contributed by atoms with Gasteiger partial charge < -0.3 is 5.32 Å². The summed E-state index contributed by atoms with van der Waals surface area (Å²) in [6.45, 7) is 4.41. The summed E-state index contributed by atoms with van der Waals surface area (Å²) in [6, 6.07) is 0. The van der Waals surface area contributed by atoms with Crippen LogP contribution in [0.4, 0.5) is 0 Å². The van der Waals surface area contributed by atoms with Gasteiger partial charge in [0.25, 0.3) is 0 Å². The van der Waals surface area contributed by atoms with E-state index in [4.69, 9.17) is 0 Å². The molecule has 0 aliphatic carbocycles. The van der Waals surface area contributed by atoms with Gasteiger partial charge in [0, 0.05) is 13.5 Å². The van der Waals surface area contributed by atoms with Crippen molar-refractivity contribution in [1.82, 2.24) is 5.32 Å². The number of nitrogens with one attached hydrogen (secondary N) is 1. The summed E-state index contributed by atoms with van der Waals surface area (Å²) in [7, 11) is 1.68. The number of amides is 1. The molecule has 0 saturated carbocycles. The van der Waals surface area contributed by atoms with Gasteiger partial charge in [0.15, 0.2) is 0 Å². The van der Waals surface area contributed by atoms with Crippen LogP contribution in [0, 0.1) is 5.92 Å². The number of allylic oxidation sites excluding steroid dienone is 2. The quantitative estimate of drug-likeness (QED) is 0.497. The topological polar surface area (TPSA) is 29.1 Å². The van der Waals surface area contributed by atoms with Crippen molar-refractivity contribution >= 4 is 5.91 Å². The zero-order valence-electron chi connectivity index (χ0n) is 8.97. The summed E-state index contributed by atoms with van der Waals surface area (Å²) in [6.07, 6.45) is 8.12. The van der Waals surface area contributed by atoms with Gasteiger partial charge in [0.2, 0.25) is 5.91 Å². The third kappa shape index (κ3) is 9.12. The first-order valence-electron chi connectivity index (χ1n) is 5.02. The molecule has 0 bridgehead atoms. The van der Waals surface area contributed by atoms with E-state index in [-0.39, 0.29) is 5.91 Å². The summed E-state index contributed by atoms with van der Waals surface area (Å²) < 4.78 is 0. The van der Waals surface area contributed by atoms with Crippen molar-refractivity contribution in [2.45, 2.75) is 39.5 Å². The first kappa shape index (κ1) is 12.2. The lowest BCUT2D eigenvalue weighted by Crippen LogP contribution is -2.16. The summed E-state index contributed by atoms with van der Waals surface area (Å²) in [4.78, 5) is 10.8. The highest BCUT2D eigenvalue weighted by molar-refractivity contribution is 5.75. The van der Waals surface area contributed by atoms with Gasteiger partial charge in [-0.05, 0) is 25.2 Å². The first-order chi connectivity index (χ1) is 6.16. The Morgan fingerprint density at radius 2 is 2.08 bits per heavy atom. The fourth-order valence-electron chi connectivity index (χ4n) is 0.992. The van der Waals surface area contributed by atoms with Crippen LogP contribution in [0.3, 0.4) is 0 Å². The highest BCUT2D eigenvalue weighted by Gasteiger charge is 1.94. The van der Waals surface area contributed by atoms with Crippen molar-refractivity contribution in [3.05, 3.63) is 12.2 Å². The fourth-order valence-corrected chi connectivity index (χ4v) is 0.992. The first-order valence-corrected chi connectivity index (χ1v) is 5.02. The monoisotopic (exact) mass is 183 g/mol. The molecule has 0 atom stereocenters. The minimum Gasteiger partial charge on any atom is -0.359 e. The molecule has 0 heterocycles. The molecule has 0 rings (SSSR count). The minimum absolute atomic E-state index is 0.136. The van der Waals surface area contributed by atoms with Crippen LogP contribution in [0.1, 0.15) is 39.5 Å². The molecule has 0 fully saturated rings. The Kier molecular flexibility index (Phi) is 7.36. The third-order valence-electron chi connectivity index (χ3n) is 1.83. The molecule has 0 spiro atoms. The summed E-state index contributed by atoms with van der Waals surface area (Å²) in [5.41, 5.74) is 0. The predicted octanol–water partition coefficient (Wildman–Crippen LogP) is 2.51. The summed E-state index contributed by atoms with van der Waals surface area (Å²) in [5.74, 6) is 0.868. The molecule has 1 amide bonds. The largest absolute Gasteiger partial charge is 0.359 e. The molecule has 0 aromatic carbocycles. The Labute approximate surface area is 81.4 Å². The molecule has 0 unspecified atom stereocenters. The van der Waals surface area contributed by atoms with E-state index in [1.165, 1.54) is 0 Å². The molecule has 0 aliphatic heterocycles. The molecule has 2 heteroatoms. The SMILES string of the molecule is CNC(=O)CCC/C=C/CC(C)C. The number of carbonyl (C=O) groups excluding carboxylic acids is 1. The van der Waals surface area contributed by atoms with Gasteiger partial charge in [-0.15, -0.1) is 0 Å². The Morgan fingerprint density at radius 3 is 2.62 bits per heavy atom. The van der Waals surface area contributed by atoms with E-state index in [1.807, 2.05) is 0 Å². The number of rotatable bonds is 6. The number of hydrogen-bond donors (Lipinski definition) is 1. The van der Waals surface area contributed by atoms with Crippen LogP contribution in [0.25, 0.3) is 0 Å². The lowest BCUT2D eigenvalue weighted by atomic mass is 10.1. The average molecular weight is 183 g/mol. The highest BCUT2D eigenvalue weighted by atomic mass is 16.1. The zero-order valence-corrected chi connectivity index (χ0v) is 8.97. The number of hydrogen-bond acceptors (Lipinski definition) is 1. The van der Waals surface area contributed by atoms with E-state index in [0.717, 1.165) is 25.2 Å². The third-order valence-corrected chi connectivity index (χ3v) is 1.83. The average Bonchev–Trinajstić information content (AvgIpc) is 2.10. The Hall–Kier alpha value is -0.790.